The Morgan fingerprint density at radius 1 is 1.10 bits per heavy atom. The molecular formula is C23H28Cl3N3OS. The number of amides is 1. The fraction of sp³-hybridized carbons (Fsp3) is 0.435. The van der Waals surface area contributed by atoms with Gasteiger partial charge >= 0.3 is 0 Å². The number of carbonyl (C=O) groups excluding carboxylic acids is 1. The second-order valence-corrected chi connectivity index (χ2v) is 10.3. The van der Waals surface area contributed by atoms with Gasteiger partial charge in [0.05, 0.1) is 25.5 Å². The maximum Gasteiger partial charge on any atom is 0.254 e. The van der Waals surface area contributed by atoms with Crippen LogP contribution in [-0.2, 0) is 0 Å². The van der Waals surface area contributed by atoms with E-state index < -0.39 is 0 Å². The van der Waals surface area contributed by atoms with Crippen LogP contribution in [0.3, 0.4) is 0 Å². The molecule has 4 nitrogen and oxygen atoms in total. The van der Waals surface area contributed by atoms with E-state index in [4.69, 9.17) is 34.8 Å². The first-order valence-electron chi connectivity index (χ1n) is 10.5. The molecule has 2 aromatic rings. The van der Waals surface area contributed by atoms with Crippen molar-refractivity contribution in [1.82, 2.24) is 9.21 Å². The van der Waals surface area contributed by atoms with Gasteiger partial charge in [0.25, 0.3) is 5.91 Å². The number of halogens is 3. The lowest BCUT2D eigenvalue weighted by Crippen LogP contribution is -2.28. The molecule has 31 heavy (non-hydrogen) atoms. The molecule has 0 atom stereocenters. The van der Waals surface area contributed by atoms with Crippen LogP contribution in [0.4, 0.5) is 5.69 Å². The second kappa shape index (κ2) is 11.7. The second-order valence-electron chi connectivity index (χ2n) is 7.98. The highest BCUT2D eigenvalue weighted by molar-refractivity contribution is 7.97. The number of benzene rings is 2. The Morgan fingerprint density at radius 3 is 2.39 bits per heavy atom. The Morgan fingerprint density at radius 2 is 1.77 bits per heavy atom. The number of carbonyl (C=O) groups is 1. The summed E-state index contributed by atoms with van der Waals surface area (Å²) >= 11 is 20.5. The predicted octanol–water partition coefficient (Wildman–Crippen LogP) is 6.96. The van der Waals surface area contributed by atoms with E-state index in [0.29, 0.717) is 20.6 Å². The molecule has 8 heteroatoms. The molecule has 0 bridgehead atoms. The average Bonchev–Trinajstić information content (AvgIpc) is 2.74. The zero-order valence-corrected chi connectivity index (χ0v) is 20.9. The molecule has 1 saturated heterocycles. The van der Waals surface area contributed by atoms with Crippen molar-refractivity contribution in [2.75, 3.05) is 39.0 Å². The first-order valence-corrected chi connectivity index (χ1v) is 12.4. The number of hydrogen-bond donors (Lipinski definition) is 1. The van der Waals surface area contributed by atoms with Gasteiger partial charge in [0.15, 0.2) is 0 Å². The highest BCUT2D eigenvalue weighted by Gasteiger charge is 2.21. The van der Waals surface area contributed by atoms with E-state index in [2.05, 4.69) is 9.62 Å². The molecule has 0 aliphatic carbocycles. The lowest BCUT2D eigenvalue weighted by molar-refractivity contribution is 0.0828. The fourth-order valence-corrected chi connectivity index (χ4v) is 5.48. The van der Waals surface area contributed by atoms with Gasteiger partial charge in [0.1, 0.15) is 0 Å². The third-order valence-electron chi connectivity index (χ3n) is 5.44. The highest BCUT2D eigenvalue weighted by Crippen LogP contribution is 2.38. The van der Waals surface area contributed by atoms with Crippen LogP contribution in [0.15, 0.2) is 41.3 Å². The number of piperidine rings is 1. The van der Waals surface area contributed by atoms with Gasteiger partial charge in [-0.15, -0.1) is 0 Å². The molecule has 0 radical (unpaired) electrons. The quantitative estimate of drug-likeness (QED) is 0.314. The molecule has 1 aliphatic heterocycles. The zero-order valence-electron chi connectivity index (χ0n) is 17.8. The van der Waals surface area contributed by atoms with E-state index in [0.717, 1.165) is 42.6 Å². The first-order chi connectivity index (χ1) is 14.8. The summed E-state index contributed by atoms with van der Waals surface area (Å²) in [4.78, 5) is 14.6. The van der Waals surface area contributed by atoms with Crippen LogP contribution >= 0.6 is 46.8 Å². The minimum absolute atomic E-state index is 0.0853. The van der Waals surface area contributed by atoms with Crippen LogP contribution in [0, 0.1) is 5.92 Å². The van der Waals surface area contributed by atoms with Crippen LogP contribution in [0.5, 0.6) is 0 Å². The number of rotatable bonds is 8. The molecule has 2 aromatic carbocycles. The van der Waals surface area contributed by atoms with Crippen molar-refractivity contribution in [3.05, 3.63) is 57.0 Å². The Kier molecular flexibility index (Phi) is 9.23. The van der Waals surface area contributed by atoms with Gasteiger partial charge in [-0.3, -0.25) is 4.79 Å². The molecule has 0 spiro atoms. The Balaban J connectivity index is 1.38. The van der Waals surface area contributed by atoms with Gasteiger partial charge < -0.3 is 10.2 Å². The Labute approximate surface area is 204 Å². The topological polar surface area (TPSA) is 35.6 Å². The van der Waals surface area contributed by atoms with E-state index in [9.17, 15) is 4.79 Å². The number of nitrogens with one attached hydrogen (secondary N) is 1. The predicted molar refractivity (Wildman–Crippen MR) is 134 cm³/mol. The standard InChI is InChI=1S/C23H28Cl3N3OS/c1-28(2)23(30)18-9-8-17(15-21(18)26)27-12-4-5-16-10-13-29(14-11-16)31-22-19(24)6-3-7-20(22)25/h3,6-9,15-16,27H,4-5,10-14H2,1-2H3. The van der Waals surface area contributed by atoms with Crippen molar-refractivity contribution in [3.8, 4) is 0 Å². The smallest absolute Gasteiger partial charge is 0.254 e. The minimum atomic E-state index is -0.0853. The van der Waals surface area contributed by atoms with Crippen molar-refractivity contribution in [1.29, 1.82) is 0 Å². The summed E-state index contributed by atoms with van der Waals surface area (Å²) in [5.41, 5.74) is 1.48. The monoisotopic (exact) mass is 499 g/mol. The van der Waals surface area contributed by atoms with E-state index in [1.807, 2.05) is 30.3 Å². The van der Waals surface area contributed by atoms with Gasteiger partial charge in [-0.2, -0.15) is 0 Å². The van der Waals surface area contributed by atoms with Crippen LogP contribution in [0.2, 0.25) is 15.1 Å². The summed E-state index contributed by atoms with van der Waals surface area (Å²) in [5.74, 6) is 0.655. The molecule has 0 aromatic heterocycles. The van der Waals surface area contributed by atoms with E-state index in [1.54, 1.807) is 32.1 Å². The van der Waals surface area contributed by atoms with Crippen molar-refractivity contribution in [2.24, 2.45) is 5.92 Å². The molecule has 1 amide bonds. The molecule has 1 heterocycles. The third-order valence-corrected chi connectivity index (χ3v) is 7.85. The Hall–Kier alpha value is -1.11. The average molecular weight is 501 g/mol. The zero-order chi connectivity index (χ0) is 22.4. The maximum absolute atomic E-state index is 12.1. The highest BCUT2D eigenvalue weighted by atomic mass is 35.5. The van der Waals surface area contributed by atoms with E-state index in [-0.39, 0.29) is 5.91 Å². The SMILES string of the molecule is CN(C)C(=O)c1ccc(NCCCC2CCN(Sc3c(Cl)cccc3Cl)CC2)cc1Cl. The molecule has 3 rings (SSSR count). The lowest BCUT2D eigenvalue weighted by atomic mass is 9.93. The van der Waals surface area contributed by atoms with E-state index >= 15 is 0 Å². The molecule has 1 fully saturated rings. The molecule has 0 saturated carbocycles. The summed E-state index contributed by atoms with van der Waals surface area (Å²) < 4.78 is 2.36. The molecular weight excluding hydrogens is 473 g/mol. The van der Waals surface area contributed by atoms with Gasteiger partial charge in [-0.25, -0.2) is 4.31 Å². The van der Waals surface area contributed by atoms with Gasteiger partial charge in [-0.1, -0.05) is 40.9 Å². The Bertz CT molecular complexity index is 881. The summed E-state index contributed by atoms with van der Waals surface area (Å²) in [6.07, 6.45) is 4.66. The number of nitrogens with zero attached hydrogens (tertiary/aromatic N) is 2. The largest absolute Gasteiger partial charge is 0.385 e. The normalized spacial score (nSPS) is 15.1. The summed E-state index contributed by atoms with van der Waals surface area (Å²) in [5, 5.41) is 5.33. The fourth-order valence-electron chi connectivity index (χ4n) is 3.65. The minimum Gasteiger partial charge on any atom is -0.385 e. The summed E-state index contributed by atoms with van der Waals surface area (Å²) in [6, 6.07) is 11.2. The first kappa shape index (κ1) is 24.5. The van der Waals surface area contributed by atoms with Crippen molar-refractivity contribution >= 4 is 58.3 Å². The molecule has 168 valence electrons. The van der Waals surface area contributed by atoms with E-state index in [1.165, 1.54) is 24.2 Å². The van der Waals surface area contributed by atoms with Gasteiger partial charge in [0.2, 0.25) is 0 Å². The van der Waals surface area contributed by atoms with Crippen molar-refractivity contribution in [2.45, 2.75) is 30.6 Å². The van der Waals surface area contributed by atoms with Gasteiger partial charge in [0, 0.05) is 39.4 Å². The lowest BCUT2D eigenvalue weighted by Gasteiger charge is -2.31. The number of anilines is 1. The third kappa shape index (κ3) is 6.93. The van der Waals surface area contributed by atoms with Crippen LogP contribution in [0.1, 0.15) is 36.0 Å². The van der Waals surface area contributed by atoms with Crippen LogP contribution < -0.4 is 5.32 Å². The molecule has 0 unspecified atom stereocenters. The van der Waals surface area contributed by atoms with Gasteiger partial charge in [-0.05, 0) is 73.9 Å². The summed E-state index contributed by atoms with van der Waals surface area (Å²) in [7, 11) is 3.44. The molecule has 1 aliphatic rings. The van der Waals surface area contributed by atoms with Crippen molar-refractivity contribution < 1.29 is 4.79 Å². The number of hydrogen-bond acceptors (Lipinski definition) is 4. The maximum atomic E-state index is 12.1. The summed E-state index contributed by atoms with van der Waals surface area (Å²) in [6.45, 7) is 2.98. The van der Waals surface area contributed by atoms with Crippen molar-refractivity contribution in [3.63, 3.8) is 0 Å². The molecule has 1 N–H and O–H groups in total. The van der Waals surface area contributed by atoms with Crippen LogP contribution in [0.25, 0.3) is 0 Å². The van der Waals surface area contributed by atoms with Crippen LogP contribution in [-0.4, -0.2) is 48.8 Å².